The standard InChI is InChI=1S/C26H28N2O4/c1-17(19-7-8-21-16-22(32-2)10-9-20(21)15-19)26(31)28-13-11-18(12-14-28)25(30)27-23-5-3-4-6-24(23)29/h3-10,15-18,29H,11-14H2,1-2H3,(H,27,30). The first-order valence-electron chi connectivity index (χ1n) is 10.9. The Kier molecular flexibility index (Phi) is 6.30. The van der Waals surface area contributed by atoms with Gasteiger partial charge in [-0.25, -0.2) is 0 Å². The lowest BCUT2D eigenvalue weighted by molar-refractivity contribution is -0.135. The first kappa shape index (κ1) is 21.7. The van der Waals surface area contributed by atoms with Gasteiger partial charge >= 0.3 is 0 Å². The number of benzene rings is 3. The van der Waals surface area contributed by atoms with Crippen LogP contribution >= 0.6 is 0 Å². The van der Waals surface area contributed by atoms with Crippen molar-refractivity contribution in [3.8, 4) is 11.5 Å². The zero-order chi connectivity index (χ0) is 22.7. The maximum absolute atomic E-state index is 13.1. The molecule has 166 valence electrons. The monoisotopic (exact) mass is 432 g/mol. The fourth-order valence-electron chi connectivity index (χ4n) is 4.23. The molecule has 0 aliphatic carbocycles. The summed E-state index contributed by atoms with van der Waals surface area (Å²) in [4.78, 5) is 27.6. The minimum Gasteiger partial charge on any atom is -0.506 e. The number of amides is 2. The van der Waals surface area contributed by atoms with Crippen LogP contribution in [0.3, 0.4) is 0 Å². The first-order valence-corrected chi connectivity index (χ1v) is 10.9. The van der Waals surface area contributed by atoms with Gasteiger partial charge in [0.2, 0.25) is 11.8 Å². The highest BCUT2D eigenvalue weighted by atomic mass is 16.5. The highest BCUT2D eigenvalue weighted by Gasteiger charge is 2.30. The molecule has 0 aromatic heterocycles. The number of carbonyl (C=O) groups excluding carboxylic acids is 2. The lowest BCUT2D eigenvalue weighted by atomic mass is 9.92. The average molecular weight is 433 g/mol. The quantitative estimate of drug-likeness (QED) is 0.581. The molecule has 0 spiro atoms. The number of nitrogens with zero attached hydrogens (tertiary/aromatic N) is 1. The molecule has 4 rings (SSSR count). The molecule has 0 radical (unpaired) electrons. The minimum atomic E-state index is -0.256. The fourth-order valence-corrected chi connectivity index (χ4v) is 4.23. The van der Waals surface area contributed by atoms with Gasteiger partial charge < -0.3 is 20.1 Å². The van der Waals surface area contributed by atoms with Crippen molar-refractivity contribution in [3.63, 3.8) is 0 Å². The number of phenolic OH excluding ortho intramolecular Hbond substituents is 1. The van der Waals surface area contributed by atoms with Gasteiger partial charge in [-0.15, -0.1) is 0 Å². The molecule has 3 aromatic rings. The molecule has 6 heteroatoms. The predicted octanol–water partition coefficient (Wildman–Crippen LogP) is 4.53. The SMILES string of the molecule is COc1ccc2cc(C(C)C(=O)N3CCC(C(=O)Nc4ccccc4O)CC3)ccc2c1. The maximum Gasteiger partial charge on any atom is 0.229 e. The zero-order valence-electron chi connectivity index (χ0n) is 18.4. The van der Waals surface area contributed by atoms with Crippen molar-refractivity contribution in [1.29, 1.82) is 0 Å². The second-order valence-electron chi connectivity index (χ2n) is 8.30. The smallest absolute Gasteiger partial charge is 0.229 e. The van der Waals surface area contributed by atoms with Crippen LogP contribution in [-0.4, -0.2) is 42.0 Å². The number of para-hydroxylation sites is 2. The number of phenols is 1. The Hall–Kier alpha value is -3.54. The number of likely N-dealkylation sites (tertiary alicyclic amines) is 1. The molecule has 1 atom stereocenters. The van der Waals surface area contributed by atoms with Crippen LogP contribution in [0.1, 0.15) is 31.2 Å². The Morgan fingerprint density at radius 3 is 2.44 bits per heavy atom. The molecule has 6 nitrogen and oxygen atoms in total. The van der Waals surface area contributed by atoms with Gasteiger partial charge in [-0.3, -0.25) is 9.59 Å². The van der Waals surface area contributed by atoms with E-state index in [2.05, 4.69) is 11.4 Å². The minimum absolute atomic E-state index is 0.0520. The highest BCUT2D eigenvalue weighted by Crippen LogP contribution is 2.29. The van der Waals surface area contributed by atoms with Gasteiger partial charge in [0.25, 0.3) is 0 Å². The van der Waals surface area contributed by atoms with E-state index in [9.17, 15) is 14.7 Å². The zero-order valence-corrected chi connectivity index (χ0v) is 18.4. The number of hydrogen-bond acceptors (Lipinski definition) is 4. The largest absolute Gasteiger partial charge is 0.506 e. The molecule has 1 fully saturated rings. The summed E-state index contributed by atoms with van der Waals surface area (Å²) in [6.07, 6.45) is 1.21. The average Bonchev–Trinajstić information content (AvgIpc) is 2.84. The van der Waals surface area contributed by atoms with Crippen molar-refractivity contribution in [3.05, 3.63) is 66.2 Å². The summed E-state index contributed by atoms with van der Waals surface area (Å²) in [5.41, 5.74) is 1.39. The van der Waals surface area contributed by atoms with Crippen molar-refractivity contribution in [1.82, 2.24) is 4.90 Å². The van der Waals surface area contributed by atoms with Crippen LogP contribution in [0, 0.1) is 5.92 Å². The van der Waals surface area contributed by atoms with Gasteiger partial charge in [-0.1, -0.05) is 36.4 Å². The number of rotatable bonds is 5. The van der Waals surface area contributed by atoms with Gasteiger partial charge in [0, 0.05) is 19.0 Å². The van der Waals surface area contributed by atoms with E-state index in [0.29, 0.717) is 31.6 Å². The third kappa shape index (κ3) is 4.54. The number of ether oxygens (including phenoxy) is 1. The molecule has 1 aliphatic heterocycles. The van der Waals surface area contributed by atoms with E-state index in [-0.39, 0.29) is 29.4 Å². The summed E-state index contributed by atoms with van der Waals surface area (Å²) in [7, 11) is 1.65. The molecule has 1 heterocycles. The van der Waals surface area contributed by atoms with Crippen LogP contribution in [0.25, 0.3) is 10.8 Å². The molecule has 3 aromatic carbocycles. The van der Waals surface area contributed by atoms with E-state index in [4.69, 9.17) is 4.74 Å². The van der Waals surface area contributed by atoms with E-state index in [1.807, 2.05) is 42.2 Å². The molecular weight excluding hydrogens is 404 g/mol. The van der Waals surface area contributed by atoms with Gasteiger partial charge in [0.1, 0.15) is 11.5 Å². The van der Waals surface area contributed by atoms with Crippen LogP contribution in [-0.2, 0) is 9.59 Å². The highest BCUT2D eigenvalue weighted by molar-refractivity contribution is 5.94. The summed E-state index contributed by atoms with van der Waals surface area (Å²) in [5, 5.41) is 14.8. The lowest BCUT2D eigenvalue weighted by Gasteiger charge is -2.33. The van der Waals surface area contributed by atoms with Gasteiger partial charge in [-0.2, -0.15) is 0 Å². The molecule has 1 saturated heterocycles. The van der Waals surface area contributed by atoms with Crippen molar-refractivity contribution >= 4 is 28.3 Å². The Morgan fingerprint density at radius 1 is 1.03 bits per heavy atom. The van der Waals surface area contributed by atoms with Gasteiger partial charge in [0.05, 0.1) is 18.7 Å². The van der Waals surface area contributed by atoms with Crippen molar-refractivity contribution in [2.75, 3.05) is 25.5 Å². The van der Waals surface area contributed by atoms with Gasteiger partial charge in [-0.05, 0) is 60.4 Å². The molecule has 2 amide bonds. The lowest BCUT2D eigenvalue weighted by Crippen LogP contribution is -2.43. The summed E-state index contributed by atoms with van der Waals surface area (Å²) in [5.74, 6) is 0.395. The van der Waals surface area contributed by atoms with Crippen molar-refractivity contribution < 1.29 is 19.4 Å². The first-order chi connectivity index (χ1) is 15.5. The summed E-state index contributed by atoms with van der Waals surface area (Å²) in [6.45, 7) is 3.03. The van der Waals surface area contributed by atoms with Crippen LogP contribution < -0.4 is 10.1 Å². The molecule has 32 heavy (non-hydrogen) atoms. The van der Waals surface area contributed by atoms with Crippen LogP contribution in [0.4, 0.5) is 5.69 Å². The number of nitrogens with one attached hydrogen (secondary N) is 1. The fraction of sp³-hybridized carbons (Fsp3) is 0.308. The normalized spacial score (nSPS) is 15.4. The molecule has 2 N–H and O–H groups in total. The number of carbonyl (C=O) groups is 2. The van der Waals surface area contributed by atoms with Crippen LogP contribution in [0.5, 0.6) is 11.5 Å². The number of fused-ring (bicyclic) bond motifs is 1. The second-order valence-corrected chi connectivity index (χ2v) is 8.30. The maximum atomic E-state index is 13.1. The number of aromatic hydroxyl groups is 1. The van der Waals surface area contributed by atoms with Gasteiger partial charge in [0.15, 0.2) is 0 Å². The second kappa shape index (κ2) is 9.30. The number of anilines is 1. The molecular formula is C26H28N2O4. The van der Waals surface area contributed by atoms with Crippen LogP contribution in [0.15, 0.2) is 60.7 Å². The third-order valence-corrected chi connectivity index (χ3v) is 6.28. The molecule has 0 bridgehead atoms. The predicted molar refractivity (Wildman–Crippen MR) is 125 cm³/mol. The number of piperidine rings is 1. The Bertz CT molecular complexity index is 1140. The summed E-state index contributed by atoms with van der Waals surface area (Å²) < 4.78 is 5.28. The Morgan fingerprint density at radius 2 is 1.72 bits per heavy atom. The molecule has 0 saturated carbocycles. The number of methoxy groups -OCH3 is 1. The third-order valence-electron chi connectivity index (χ3n) is 6.28. The van der Waals surface area contributed by atoms with Crippen LogP contribution in [0.2, 0.25) is 0 Å². The topological polar surface area (TPSA) is 78.9 Å². The van der Waals surface area contributed by atoms with E-state index in [1.165, 1.54) is 0 Å². The van der Waals surface area contributed by atoms with E-state index in [0.717, 1.165) is 22.1 Å². The van der Waals surface area contributed by atoms with E-state index < -0.39 is 0 Å². The Labute approximate surface area is 187 Å². The van der Waals surface area contributed by atoms with Crippen molar-refractivity contribution in [2.24, 2.45) is 5.92 Å². The van der Waals surface area contributed by atoms with Crippen molar-refractivity contribution in [2.45, 2.75) is 25.7 Å². The Balaban J connectivity index is 1.37. The molecule has 1 unspecified atom stereocenters. The van der Waals surface area contributed by atoms with E-state index >= 15 is 0 Å². The molecule has 1 aliphatic rings. The summed E-state index contributed by atoms with van der Waals surface area (Å²) >= 11 is 0. The number of hydrogen-bond donors (Lipinski definition) is 2. The summed E-state index contributed by atoms with van der Waals surface area (Å²) in [6, 6.07) is 18.7. The van der Waals surface area contributed by atoms with E-state index in [1.54, 1.807) is 31.4 Å².